The maximum atomic E-state index is 11.7. The monoisotopic (exact) mass is 292 g/mol. The normalized spacial score (nSPS) is 21.4. The van der Waals surface area contributed by atoms with Gasteiger partial charge in [0, 0.05) is 12.6 Å². The van der Waals surface area contributed by atoms with E-state index in [0.717, 1.165) is 31.4 Å². The van der Waals surface area contributed by atoms with Crippen molar-refractivity contribution in [2.75, 3.05) is 18.4 Å². The molecule has 2 rings (SSSR count). The van der Waals surface area contributed by atoms with E-state index in [9.17, 15) is 9.59 Å². The summed E-state index contributed by atoms with van der Waals surface area (Å²) in [6.45, 7) is 2.94. The van der Waals surface area contributed by atoms with Gasteiger partial charge in [-0.2, -0.15) is 0 Å². The van der Waals surface area contributed by atoms with Gasteiger partial charge in [0.25, 0.3) is 0 Å². The summed E-state index contributed by atoms with van der Waals surface area (Å²) < 4.78 is 4.92. The zero-order valence-corrected chi connectivity index (χ0v) is 12.1. The van der Waals surface area contributed by atoms with Crippen molar-refractivity contribution in [2.24, 2.45) is 16.8 Å². The first kappa shape index (κ1) is 15.3. The Bertz CT molecular complexity index is 522. The number of carbonyl (C=O) groups excluding carboxylic acids is 2. The predicted molar refractivity (Wildman–Crippen MR) is 76.7 cm³/mol. The number of aryl methyl sites for hydroxylation is 1. The number of aromatic nitrogens is 1. The van der Waals surface area contributed by atoms with Gasteiger partial charge in [-0.05, 0) is 38.0 Å². The molecule has 1 aromatic heterocycles. The fraction of sp³-hybridized carbons (Fsp3) is 0.643. The van der Waals surface area contributed by atoms with E-state index in [0.29, 0.717) is 30.8 Å². The molecule has 1 aliphatic rings. The van der Waals surface area contributed by atoms with Crippen molar-refractivity contribution in [1.82, 2.24) is 10.5 Å². The SMILES string of the molecule is Cc1cc(NC(=O)NCC2CCCC(CN=C=O)C2)on1. The van der Waals surface area contributed by atoms with Crippen molar-refractivity contribution in [3.8, 4) is 0 Å². The Morgan fingerprint density at radius 1 is 1.52 bits per heavy atom. The van der Waals surface area contributed by atoms with Crippen LogP contribution in [0.15, 0.2) is 15.6 Å². The number of urea groups is 1. The minimum absolute atomic E-state index is 0.292. The number of anilines is 1. The molecule has 1 aliphatic carbocycles. The predicted octanol–water partition coefficient (Wildman–Crippen LogP) is 2.25. The molecule has 2 atom stereocenters. The van der Waals surface area contributed by atoms with Gasteiger partial charge in [0.15, 0.2) is 0 Å². The van der Waals surface area contributed by atoms with Gasteiger partial charge in [-0.25, -0.2) is 14.6 Å². The standard InChI is InChI=1S/C14H20N4O3/c1-10-5-13(21-18-10)17-14(20)16-8-12-4-2-3-11(6-12)7-15-9-19/h5,11-12H,2-4,6-8H2,1H3,(H2,16,17,20). The highest BCUT2D eigenvalue weighted by Crippen LogP contribution is 2.28. The Morgan fingerprint density at radius 2 is 2.33 bits per heavy atom. The topological polar surface area (TPSA) is 96.6 Å². The zero-order chi connectivity index (χ0) is 15.1. The van der Waals surface area contributed by atoms with Crippen molar-refractivity contribution in [3.63, 3.8) is 0 Å². The van der Waals surface area contributed by atoms with Gasteiger partial charge in [0.05, 0.1) is 12.2 Å². The number of nitrogens with one attached hydrogen (secondary N) is 2. The minimum atomic E-state index is -0.292. The van der Waals surface area contributed by atoms with E-state index < -0.39 is 0 Å². The van der Waals surface area contributed by atoms with Crippen LogP contribution < -0.4 is 10.6 Å². The van der Waals surface area contributed by atoms with E-state index in [2.05, 4.69) is 20.8 Å². The third-order valence-electron chi connectivity index (χ3n) is 3.72. The van der Waals surface area contributed by atoms with Crippen LogP contribution in [0.4, 0.5) is 10.7 Å². The fourth-order valence-corrected chi connectivity index (χ4v) is 2.74. The van der Waals surface area contributed by atoms with E-state index in [1.165, 1.54) is 0 Å². The van der Waals surface area contributed by atoms with Crippen LogP contribution in [-0.4, -0.2) is 30.4 Å². The molecule has 0 aliphatic heterocycles. The Labute approximate surface area is 123 Å². The van der Waals surface area contributed by atoms with Crippen LogP contribution in [0.5, 0.6) is 0 Å². The zero-order valence-electron chi connectivity index (χ0n) is 12.1. The molecule has 0 spiro atoms. The molecule has 21 heavy (non-hydrogen) atoms. The van der Waals surface area contributed by atoms with Crippen LogP contribution in [0.1, 0.15) is 31.4 Å². The highest BCUT2D eigenvalue weighted by molar-refractivity contribution is 5.87. The lowest BCUT2D eigenvalue weighted by Gasteiger charge is -2.27. The van der Waals surface area contributed by atoms with Crippen LogP contribution >= 0.6 is 0 Å². The summed E-state index contributed by atoms with van der Waals surface area (Å²) in [5.41, 5.74) is 0.719. The average Bonchev–Trinajstić information content (AvgIpc) is 2.88. The Hall–Kier alpha value is -2.14. The number of isocyanates is 1. The van der Waals surface area contributed by atoms with Crippen LogP contribution in [0.25, 0.3) is 0 Å². The molecule has 0 aromatic carbocycles. The maximum Gasteiger partial charge on any atom is 0.321 e. The number of carbonyl (C=O) groups is 1. The van der Waals surface area contributed by atoms with Gasteiger partial charge in [0.1, 0.15) is 0 Å². The molecule has 2 N–H and O–H groups in total. The van der Waals surface area contributed by atoms with Gasteiger partial charge in [0.2, 0.25) is 12.0 Å². The Morgan fingerprint density at radius 3 is 3.05 bits per heavy atom. The molecule has 1 fully saturated rings. The number of hydrogen-bond acceptors (Lipinski definition) is 5. The van der Waals surface area contributed by atoms with Crippen molar-refractivity contribution < 1.29 is 14.1 Å². The van der Waals surface area contributed by atoms with Gasteiger partial charge in [-0.3, -0.25) is 5.32 Å². The number of rotatable bonds is 5. The van der Waals surface area contributed by atoms with Gasteiger partial charge >= 0.3 is 6.03 Å². The summed E-state index contributed by atoms with van der Waals surface area (Å²) in [5.74, 6) is 1.19. The first-order chi connectivity index (χ1) is 10.2. The lowest BCUT2D eigenvalue weighted by atomic mass is 9.81. The summed E-state index contributed by atoms with van der Waals surface area (Å²) in [6, 6.07) is 1.37. The smallest absolute Gasteiger partial charge is 0.321 e. The molecular formula is C14H20N4O3. The molecule has 2 unspecified atom stereocenters. The largest absolute Gasteiger partial charge is 0.338 e. The molecular weight excluding hydrogens is 272 g/mol. The summed E-state index contributed by atoms with van der Waals surface area (Å²) in [5, 5.41) is 9.14. The first-order valence-electron chi connectivity index (χ1n) is 7.19. The highest BCUT2D eigenvalue weighted by Gasteiger charge is 2.22. The van der Waals surface area contributed by atoms with E-state index >= 15 is 0 Å². The van der Waals surface area contributed by atoms with Crippen LogP contribution in [0, 0.1) is 18.8 Å². The molecule has 2 amide bonds. The summed E-state index contributed by atoms with van der Waals surface area (Å²) in [7, 11) is 0. The lowest BCUT2D eigenvalue weighted by Crippen LogP contribution is -2.35. The van der Waals surface area contributed by atoms with Gasteiger partial charge in [-0.15, -0.1) is 0 Å². The van der Waals surface area contributed by atoms with Gasteiger partial charge in [-0.1, -0.05) is 11.6 Å². The van der Waals surface area contributed by atoms with Crippen molar-refractivity contribution in [3.05, 3.63) is 11.8 Å². The lowest BCUT2D eigenvalue weighted by molar-refractivity contribution is 0.238. The van der Waals surface area contributed by atoms with E-state index in [1.807, 2.05) is 0 Å². The summed E-state index contributed by atoms with van der Waals surface area (Å²) in [6.07, 6.45) is 5.85. The molecule has 1 heterocycles. The molecule has 114 valence electrons. The fourth-order valence-electron chi connectivity index (χ4n) is 2.74. The van der Waals surface area contributed by atoms with E-state index in [1.54, 1.807) is 19.1 Å². The number of hydrogen-bond donors (Lipinski definition) is 2. The van der Waals surface area contributed by atoms with E-state index in [-0.39, 0.29) is 6.03 Å². The third-order valence-corrected chi connectivity index (χ3v) is 3.72. The second kappa shape index (κ2) is 7.59. The minimum Gasteiger partial charge on any atom is -0.338 e. The van der Waals surface area contributed by atoms with Gasteiger partial charge < -0.3 is 9.84 Å². The van der Waals surface area contributed by atoms with E-state index in [4.69, 9.17) is 4.52 Å². The van der Waals surface area contributed by atoms with Crippen molar-refractivity contribution >= 4 is 18.0 Å². The highest BCUT2D eigenvalue weighted by atomic mass is 16.5. The molecule has 1 saturated carbocycles. The molecule has 7 heteroatoms. The number of nitrogens with zero attached hydrogens (tertiary/aromatic N) is 2. The van der Waals surface area contributed by atoms with Crippen LogP contribution in [-0.2, 0) is 4.79 Å². The molecule has 0 bridgehead atoms. The Kier molecular flexibility index (Phi) is 5.51. The first-order valence-corrected chi connectivity index (χ1v) is 7.19. The molecule has 7 nitrogen and oxygen atoms in total. The number of aliphatic imine (C=N–C) groups is 1. The second-order valence-electron chi connectivity index (χ2n) is 5.50. The van der Waals surface area contributed by atoms with Crippen molar-refractivity contribution in [2.45, 2.75) is 32.6 Å². The Balaban J connectivity index is 1.71. The second-order valence-corrected chi connectivity index (χ2v) is 5.50. The summed E-state index contributed by atoms with van der Waals surface area (Å²) >= 11 is 0. The maximum absolute atomic E-state index is 11.7. The average molecular weight is 292 g/mol. The summed E-state index contributed by atoms with van der Waals surface area (Å²) in [4.78, 5) is 25.5. The quantitative estimate of drug-likeness (QED) is 0.642. The molecule has 0 radical (unpaired) electrons. The van der Waals surface area contributed by atoms with Crippen molar-refractivity contribution in [1.29, 1.82) is 0 Å². The number of amides is 2. The molecule has 0 saturated heterocycles. The third kappa shape index (κ3) is 5.04. The van der Waals surface area contributed by atoms with Crippen LogP contribution in [0.3, 0.4) is 0 Å². The van der Waals surface area contributed by atoms with Crippen LogP contribution in [0.2, 0.25) is 0 Å². The molecule has 1 aromatic rings.